The smallest absolute Gasteiger partial charge is 0.307 e. The van der Waals surface area contributed by atoms with Crippen molar-refractivity contribution in [3.63, 3.8) is 0 Å². The summed E-state index contributed by atoms with van der Waals surface area (Å²) in [6.07, 6.45) is 0.700. The molecule has 2 fully saturated rings. The summed E-state index contributed by atoms with van der Waals surface area (Å²) in [5.74, 6) is -6.81. The van der Waals surface area contributed by atoms with Crippen LogP contribution in [0.1, 0.15) is 12.8 Å². The summed E-state index contributed by atoms with van der Waals surface area (Å²) in [5.41, 5.74) is 0. The van der Waals surface area contributed by atoms with E-state index in [1.807, 2.05) is 0 Å². The van der Waals surface area contributed by atoms with Crippen molar-refractivity contribution >= 4 is 17.9 Å². The molecule has 2 rings (SSSR count). The van der Waals surface area contributed by atoms with Gasteiger partial charge in [-0.25, -0.2) is 0 Å². The number of carboxylic acid groups (broad SMARTS) is 3. The number of fused-ring (bicyclic) bond motifs is 2. The molecule has 2 aliphatic rings. The Morgan fingerprint density at radius 1 is 0.812 bits per heavy atom. The van der Waals surface area contributed by atoms with E-state index in [4.69, 9.17) is 15.3 Å². The SMILES string of the molecule is O=C(O)[C@@H]1C2CC([C@H](C(=O)O)C2)[C@@H]1C(=O)O. The fourth-order valence-corrected chi connectivity index (χ4v) is 3.34. The summed E-state index contributed by atoms with van der Waals surface area (Å²) in [4.78, 5) is 32.9. The molecule has 6 nitrogen and oxygen atoms in total. The largest absolute Gasteiger partial charge is 0.481 e. The summed E-state index contributed by atoms with van der Waals surface area (Å²) < 4.78 is 0. The van der Waals surface area contributed by atoms with Crippen molar-refractivity contribution < 1.29 is 29.7 Å². The monoisotopic (exact) mass is 228 g/mol. The zero-order valence-corrected chi connectivity index (χ0v) is 8.37. The highest BCUT2D eigenvalue weighted by molar-refractivity contribution is 5.83. The third kappa shape index (κ3) is 1.36. The third-order valence-corrected chi connectivity index (χ3v) is 3.89. The average molecular weight is 228 g/mol. The number of aliphatic carboxylic acids is 3. The van der Waals surface area contributed by atoms with Gasteiger partial charge in [0.25, 0.3) is 0 Å². The minimum Gasteiger partial charge on any atom is -0.481 e. The second kappa shape index (κ2) is 3.47. The molecule has 3 N–H and O–H groups in total. The molecule has 0 amide bonds. The maximum Gasteiger partial charge on any atom is 0.307 e. The van der Waals surface area contributed by atoms with Crippen LogP contribution in [0.5, 0.6) is 0 Å². The molecule has 0 aromatic carbocycles. The van der Waals surface area contributed by atoms with Gasteiger partial charge in [0.15, 0.2) is 0 Å². The van der Waals surface area contributed by atoms with Crippen molar-refractivity contribution in [1.29, 1.82) is 0 Å². The molecule has 0 heterocycles. The predicted octanol–water partition coefficient (Wildman–Crippen LogP) is 0.129. The molecule has 0 spiro atoms. The van der Waals surface area contributed by atoms with Crippen LogP contribution in [0.3, 0.4) is 0 Å². The summed E-state index contributed by atoms with van der Waals surface area (Å²) in [7, 11) is 0. The van der Waals surface area contributed by atoms with Gasteiger partial charge in [-0.05, 0) is 24.7 Å². The van der Waals surface area contributed by atoms with E-state index < -0.39 is 41.6 Å². The van der Waals surface area contributed by atoms with Crippen LogP contribution >= 0.6 is 0 Å². The van der Waals surface area contributed by atoms with Gasteiger partial charge in [-0.1, -0.05) is 0 Å². The van der Waals surface area contributed by atoms with E-state index in [2.05, 4.69) is 0 Å². The molecule has 6 heteroatoms. The van der Waals surface area contributed by atoms with Crippen LogP contribution in [-0.4, -0.2) is 33.2 Å². The van der Waals surface area contributed by atoms with Gasteiger partial charge in [-0.3, -0.25) is 14.4 Å². The first-order chi connectivity index (χ1) is 7.43. The van der Waals surface area contributed by atoms with Crippen molar-refractivity contribution in [2.45, 2.75) is 12.8 Å². The fraction of sp³-hybridized carbons (Fsp3) is 0.700. The molecule has 88 valence electrons. The molecular formula is C10H12O6. The molecule has 0 aromatic heterocycles. The summed E-state index contributed by atoms with van der Waals surface area (Å²) in [6, 6.07) is 0. The first-order valence-corrected chi connectivity index (χ1v) is 5.12. The Morgan fingerprint density at radius 2 is 1.38 bits per heavy atom. The van der Waals surface area contributed by atoms with Crippen LogP contribution in [-0.2, 0) is 14.4 Å². The lowest BCUT2D eigenvalue weighted by molar-refractivity contribution is -0.160. The van der Waals surface area contributed by atoms with Crippen molar-refractivity contribution in [2.75, 3.05) is 0 Å². The zero-order chi connectivity index (χ0) is 12.0. The molecule has 0 saturated heterocycles. The lowest BCUT2D eigenvalue weighted by atomic mass is 9.74. The van der Waals surface area contributed by atoms with Gasteiger partial charge >= 0.3 is 17.9 Å². The van der Waals surface area contributed by atoms with Gasteiger partial charge in [0.05, 0.1) is 17.8 Å². The number of hydrogen-bond acceptors (Lipinski definition) is 3. The van der Waals surface area contributed by atoms with E-state index in [9.17, 15) is 14.4 Å². The van der Waals surface area contributed by atoms with Crippen molar-refractivity contribution in [1.82, 2.24) is 0 Å². The molecule has 2 unspecified atom stereocenters. The van der Waals surface area contributed by atoms with Crippen LogP contribution < -0.4 is 0 Å². The van der Waals surface area contributed by atoms with E-state index >= 15 is 0 Å². The topological polar surface area (TPSA) is 112 Å². The van der Waals surface area contributed by atoms with Gasteiger partial charge in [0, 0.05) is 0 Å². The van der Waals surface area contributed by atoms with E-state index in [0.717, 1.165) is 0 Å². The summed E-state index contributed by atoms with van der Waals surface area (Å²) in [5, 5.41) is 26.9. The van der Waals surface area contributed by atoms with E-state index in [0.29, 0.717) is 12.8 Å². The highest BCUT2D eigenvalue weighted by Crippen LogP contribution is 2.55. The van der Waals surface area contributed by atoms with Crippen LogP contribution in [0, 0.1) is 29.6 Å². The normalized spacial score (nSPS) is 40.9. The number of rotatable bonds is 3. The molecule has 2 aliphatic carbocycles. The second-order valence-electron chi connectivity index (χ2n) is 4.57. The lowest BCUT2D eigenvalue weighted by Gasteiger charge is -2.28. The predicted molar refractivity (Wildman–Crippen MR) is 49.6 cm³/mol. The van der Waals surface area contributed by atoms with Gasteiger partial charge in [-0.2, -0.15) is 0 Å². The van der Waals surface area contributed by atoms with E-state index in [-0.39, 0.29) is 5.92 Å². The Kier molecular flexibility index (Phi) is 2.36. The molecule has 0 radical (unpaired) electrons. The molecule has 2 saturated carbocycles. The second-order valence-corrected chi connectivity index (χ2v) is 4.57. The lowest BCUT2D eigenvalue weighted by Crippen LogP contribution is -2.40. The fourth-order valence-electron chi connectivity index (χ4n) is 3.34. The molecule has 16 heavy (non-hydrogen) atoms. The van der Waals surface area contributed by atoms with Crippen LogP contribution in [0.2, 0.25) is 0 Å². The maximum absolute atomic E-state index is 11.0. The third-order valence-electron chi connectivity index (χ3n) is 3.89. The van der Waals surface area contributed by atoms with Crippen molar-refractivity contribution in [3.05, 3.63) is 0 Å². The summed E-state index contributed by atoms with van der Waals surface area (Å²) >= 11 is 0. The Morgan fingerprint density at radius 3 is 1.81 bits per heavy atom. The molecular weight excluding hydrogens is 216 g/mol. The standard InChI is InChI=1S/C10H12O6/c11-8(12)5-2-3-1-4(5)7(10(15)16)6(3)9(13)14/h3-7H,1-2H2,(H,11,12)(H,13,14)(H,15,16)/t3?,4?,5-,6-,7+/m1/s1. The van der Waals surface area contributed by atoms with E-state index in [1.54, 1.807) is 0 Å². The van der Waals surface area contributed by atoms with Gasteiger partial charge in [0.1, 0.15) is 0 Å². The van der Waals surface area contributed by atoms with Crippen molar-refractivity contribution in [3.8, 4) is 0 Å². The Labute approximate surface area is 90.9 Å². The number of carbonyl (C=O) groups is 3. The molecule has 5 atom stereocenters. The number of carboxylic acids is 3. The minimum absolute atomic E-state index is 0.292. The average Bonchev–Trinajstić information content (AvgIpc) is 2.72. The van der Waals surface area contributed by atoms with Crippen LogP contribution in [0.25, 0.3) is 0 Å². The van der Waals surface area contributed by atoms with E-state index in [1.165, 1.54) is 0 Å². The maximum atomic E-state index is 11.0. The Balaban J connectivity index is 2.29. The quantitative estimate of drug-likeness (QED) is 0.632. The molecule has 2 bridgehead atoms. The first kappa shape index (κ1) is 10.9. The highest BCUT2D eigenvalue weighted by Gasteiger charge is 2.60. The molecule has 0 aliphatic heterocycles. The highest BCUT2D eigenvalue weighted by atomic mass is 16.4. The Hall–Kier alpha value is -1.59. The van der Waals surface area contributed by atoms with Gasteiger partial charge in [0.2, 0.25) is 0 Å². The molecule has 0 aromatic rings. The minimum atomic E-state index is -1.19. The zero-order valence-electron chi connectivity index (χ0n) is 8.37. The van der Waals surface area contributed by atoms with Crippen LogP contribution in [0.15, 0.2) is 0 Å². The first-order valence-electron chi connectivity index (χ1n) is 5.12. The van der Waals surface area contributed by atoms with Crippen LogP contribution in [0.4, 0.5) is 0 Å². The van der Waals surface area contributed by atoms with Gasteiger partial charge < -0.3 is 15.3 Å². The summed E-state index contributed by atoms with van der Waals surface area (Å²) in [6.45, 7) is 0. The van der Waals surface area contributed by atoms with Crippen molar-refractivity contribution in [2.24, 2.45) is 29.6 Å². The number of hydrogen-bond donors (Lipinski definition) is 3. The Bertz CT molecular complexity index is 362. The van der Waals surface area contributed by atoms with Gasteiger partial charge in [-0.15, -0.1) is 0 Å².